The zero-order valence-electron chi connectivity index (χ0n) is 12.5. The van der Waals surface area contributed by atoms with Gasteiger partial charge in [0.2, 0.25) is 5.91 Å². The number of hydrogen-bond donors (Lipinski definition) is 3. The number of unbranched alkanes of at least 4 members (excludes halogenated alkanes) is 1. The van der Waals surface area contributed by atoms with Gasteiger partial charge in [0.05, 0.1) is 17.2 Å². The van der Waals surface area contributed by atoms with E-state index in [0.717, 1.165) is 12.8 Å². The highest BCUT2D eigenvalue weighted by atomic mass is 16.4. The molecule has 0 saturated carbocycles. The lowest BCUT2D eigenvalue weighted by atomic mass is 9.97. The maximum absolute atomic E-state index is 11.9. The van der Waals surface area contributed by atoms with Gasteiger partial charge in [-0.3, -0.25) is 9.59 Å². The van der Waals surface area contributed by atoms with Crippen LogP contribution in [0.3, 0.4) is 0 Å². The van der Waals surface area contributed by atoms with Crippen LogP contribution in [0.25, 0.3) is 0 Å². The number of rotatable bonds is 9. The molecule has 0 aliphatic heterocycles. The minimum absolute atomic E-state index is 0.0108. The molecule has 1 aromatic carbocycles. The maximum atomic E-state index is 11.9. The Kier molecular flexibility index (Phi) is 7.08. The Morgan fingerprint density at radius 2 is 1.82 bits per heavy atom. The SMILES string of the molecule is CCCCC(CCC(=O)Nc1ccccc1C(=O)O)C(=O)O. The summed E-state index contributed by atoms with van der Waals surface area (Å²) >= 11 is 0. The molecule has 6 heteroatoms. The molecule has 0 saturated heterocycles. The molecule has 0 heterocycles. The lowest BCUT2D eigenvalue weighted by Crippen LogP contribution is -2.19. The number of nitrogens with one attached hydrogen (secondary N) is 1. The third-order valence-corrected chi connectivity index (χ3v) is 3.41. The van der Waals surface area contributed by atoms with E-state index in [1.807, 2.05) is 6.92 Å². The number of carboxylic acid groups (broad SMARTS) is 2. The van der Waals surface area contributed by atoms with E-state index in [-0.39, 0.29) is 30.0 Å². The molecule has 0 aliphatic carbocycles. The Hall–Kier alpha value is -2.37. The van der Waals surface area contributed by atoms with Crippen molar-refractivity contribution in [3.05, 3.63) is 29.8 Å². The zero-order chi connectivity index (χ0) is 16.5. The molecule has 0 radical (unpaired) electrons. The number of aromatic carboxylic acids is 1. The number of carboxylic acids is 2. The molecule has 0 fully saturated rings. The average molecular weight is 307 g/mol. The molecule has 0 aromatic heterocycles. The predicted octanol–water partition coefficient (Wildman–Crippen LogP) is 2.99. The van der Waals surface area contributed by atoms with Crippen LogP contribution in [0.15, 0.2) is 24.3 Å². The van der Waals surface area contributed by atoms with E-state index in [9.17, 15) is 14.4 Å². The van der Waals surface area contributed by atoms with Crippen molar-refractivity contribution in [2.24, 2.45) is 5.92 Å². The molecular weight excluding hydrogens is 286 g/mol. The number of hydrogen-bond acceptors (Lipinski definition) is 3. The van der Waals surface area contributed by atoms with Gasteiger partial charge < -0.3 is 15.5 Å². The first kappa shape index (κ1) is 17.7. The normalized spacial score (nSPS) is 11.7. The van der Waals surface area contributed by atoms with Crippen molar-refractivity contribution in [2.45, 2.75) is 39.0 Å². The first-order valence-electron chi connectivity index (χ1n) is 7.30. The van der Waals surface area contributed by atoms with Gasteiger partial charge >= 0.3 is 11.9 Å². The van der Waals surface area contributed by atoms with Crippen LogP contribution in [-0.4, -0.2) is 28.1 Å². The van der Waals surface area contributed by atoms with E-state index in [1.54, 1.807) is 12.1 Å². The van der Waals surface area contributed by atoms with Crippen molar-refractivity contribution in [1.82, 2.24) is 0 Å². The van der Waals surface area contributed by atoms with Crippen LogP contribution in [0.5, 0.6) is 0 Å². The van der Waals surface area contributed by atoms with Crippen molar-refractivity contribution in [1.29, 1.82) is 0 Å². The molecule has 0 bridgehead atoms. The first-order chi connectivity index (χ1) is 10.5. The largest absolute Gasteiger partial charge is 0.481 e. The Labute approximate surface area is 129 Å². The van der Waals surface area contributed by atoms with Crippen LogP contribution in [0.1, 0.15) is 49.4 Å². The van der Waals surface area contributed by atoms with Gasteiger partial charge in [0.15, 0.2) is 0 Å². The number of carbonyl (C=O) groups is 3. The monoisotopic (exact) mass is 307 g/mol. The fourth-order valence-electron chi connectivity index (χ4n) is 2.14. The molecule has 0 spiro atoms. The lowest BCUT2D eigenvalue weighted by molar-refractivity contribution is -0.142. The van der Waals surface area contributed by atoms with Gasteiger partial charge in [-0.1, -0.05) is 31.9 Å². The van der Waals surface area contributed by atoms with Crippen LogP contribution < -0.4 is 5.32 Å². The van der Waals surface area contributed by atoms with Crippen LogP contribution in [0.4, 0.5) is 5.69 Å². The van der Waals surface area contributed by atoms with Crippen LogP contribution in [0.2, 0.25) is 0 Å². The van der Waals surface area contributed by atoms with Gasteiger partial charge in [0.25, 0.3) is 0 Å². The third-order valence-electron chi connectivity index (χ3n) is 3.41. The molecule has 6 nitrogen and oxygen atoms in total. The fourth-order valence-corrected chi connectivity index (χ4v) is 2.14. The van der Waals surface area contributed by atoms with Crippen molar-refractivity contribution >= 4 is 23.5 Å². The Morgan fingerprint density at radius 3 is 2.41 bits per heavy atom. The van der Waals surface area contributed by atoms with E-state index in [1.165, 1.54) is 12.1 Å². The number of amides is 1. The van der Waals surface area contributed by atoms with Gasteiger partial charge in [-0.15, -0.1) is 0 Å². The van der Waals surface area contributed by atoms with Crippen LogP contribution >= 0.6 is 0 Å². The smallest absolute Gasteiger partial charge is 0.337 e. The number of anilines is 1. The van der Waals surface area contributed by atoms with E-state index < -0.39 is 17.9 Å². The minimum atomic E-state index is -1.12. The molecule has 120 valence electrons. The van der Waals surface area contributed by atoms with E-state index in [0.29, 0.717) is 6.42 Å². The summed E-state index contributed by atoms with van der Waals surface area (Å²) in [5.41, 5.74) is 0.233. The Morgan fingerprint density at radius 1 is 1.14 bits per heavy atom. The zero-order valence-corrected chi connectivity index (χ0v) is 12.5. The van der Waals surface area contributed by atoms with Crippen LogP contribution in [0, 0.1) is 5.92 Å². The summed E-state index contributed by atoms with van der Waals surface area (Å²) in [6, 6.07) is 6.11. The lowest BCUT2D eigenvalue weighted by Gasteiger charge is -2.12. The quantitative estimate of drug-likeness (QED) is 0.650. The van der Waals surface area contributed by atoms with Gasteiger partial charge in [-0.05, 0) is 25.0 Å². The van der Waals surface area contributed by atoms with Gasteiger partial charge in [0.1, 0.15) is 0 Å². The van der Waals surface area contributed by atoms with E-state index >= 15 is 0 Å². The number of para-hydroxylation sites is 1. The fraction of sp³-hybridized carbons (Fsp3) is 0.438. The number of benzene rings is 1. The highest BCUT2D eigenvalue weighted by molar-refractivity contribution is 6.00. The topological polar surface area (TPSA) is 104 Å². The van der Waals surface area contributed by atoms with Crippen molar-refractivity contribution in [2.75, 3.05) is 5.32 Å². The highest BCUT2D eigenvalue weighted by Crippen LogP contribution is 2.18. The van der Waals surface area contributed by atoms with Gasteiger partial charge in [-0.2, -0.15) is 0 Å². The second-order valence-electron chi connectivity index (χ2n) is 5.11. The average Bonchev–Trinajstić information content (AvgIpc) is 2.47. The standard InChI is InChI=1S/C16H21NO5/c1-2-3-6-11(15(19)20)9-10-14(18)17-13-8-5-4-7-12(13)16(21)22/h4-5,7-8,11H,2-3,6,9-10H2,1H3,(H,17,18)(H,19,20)(H,21,22). The molecule has 1 aromatic rings. The van der Waals surface area contributed by atoms with E-state index in [2.05, 4.69) is 5.32 Å². The Bertz CT molecular complexity index is 541. The van der Waals surface area contributed by atoms with Gasteiger partial charge in [0, 0.05) is 6.42 Å². The molecule has 1 atom stereocenters. The van der Waals surface area contributed by atoms with Gasteiger partial charge in [-0.25, -0.2) is 4.79 Å². The molecule has 0 aliphatic rings. The van der Waals surface area contributed by atoms with Crippen molar-refractivity contribution in [3.63, 3.8) is 0 Å². The highest BCUT2D eigenvalue weighted by Gasteiger charge is 2.19. The summed E-state index contributed by atoms with van der Waals surface area (Å²) in [5.74, 6) is -2.94. The Balaban J connectivity index is 2.59. The summed E-state index contributed by atoms with van der Waals surface area (Å²) in [6.45, 7) is 1.98. The predicted molar refractivity (Wildman–Crippen MR) is 81.9 cm³/mol. The first-order valence-corrected chi connectivity index (χ1v) is 7.30. The summed E-state index contributed by atoms with van der Waals surface area (Å²) in [4.78, 5) is 34.0. The molecule has 1 unspecified atom stereocenters. The van der Waals surface area contributed by atoms with Crippen molar-refractivity contribution < 1.29 is 24.6 Å². The molecular formula is C16H21NO5. The summed E-state index contributed by atoms with van der Waals surface area (Å²) in [6.07, 6.45) is 2.55. The number of aliphatic carboxylic acids is 1. The second-order valence-corrected chi connectivity index (χ2v) is 5.11. The second kappa shape index (κ2) is 8.81. The van der Waals surface area contributed by atoms with Crippen LogP contribution in [-0.2, 0) is 9.59 Å². The third kappa shape index (κ3) is 5.55. The maximum Gasteiger partial charge on any atom is 0.337 e. The molecule has 22 heavy (non-hydrogen) atoms. The molecule has 3 N–H and O–H groups in total. The molecule has 1 rings (SSSR count). The van der Waals surface area contributed by atoms with E-state index in [4.69, 9.17) is 10.2 Å². The minimum Gasteiger partial charge on any atom is -0.481 e. The molecule has 1 amide bonds. The van der Waals surface area contributed by atoms with Crippen molar-refractivity contribution in [3.8, 4) is 0 Å². The number of carbonyl (C=O) groups excluding carboxylic acids is 1. The summed E-state index contributed by atoms with van der Waals surface area (Å²) in [5, 5.41) is 20.7. The summed E-state index contributed by atoms with van der Waals surface area (Å²) < 4.78 is 0. The summed E-state index contributed by atoms with van der Waals surface area (Å²) in [7, 11) is 0.